The molecule has 1 amide bonds. The number of rotatable bonds is 4. The maximum Gasteiger partial charge on any atom is 0.301 e. The minimum atomic E-state index is -0.898. The highest BCUT2D eigenvalue weighted by molar-refractivity contribution is 9.10. The van der Waals surface area contributed by atoms with E-state index < -0.39 is 23.5 Å². The van der Waals surface area contributed by atoms with Crippen molar-refractivity contribution < 1.29 is 19.1 Å². The van der Waals surface area contributed by atoms with Crippen LogP contribution < -0.4 is 4.90 Å². The van der Waals surface area contributed by atoms with Gasteiger partial charge in [-0.15, -0.1) is 10.2 Å². The van der Waals surface area contributed by atoms with Gasteiger partial charge in [0.2, 0.25) is 5.13 Å². The number of aryl methyl sites for hydroxylation is 1. The summed E-state index contributed by atoms with van der Waals surface area (Å²) in [5.74, 6) is -2.49. The third-order valence-electron chi connectivity index (χ3n) is 4.69. The van der Waals surface area contributed by atoms with E-state index in [9.17, 15) is 19.1 Å². The molecule has 1 aliphatic heterocycles. The first-order valence-corrected chi connectivity index (χ1v) is 10.7. The first-order chi connectivity index (χ1) is 14.4. The third kappa shape index (κ3) is 3.54. The van der Waals surface area contributed by atoms with Gasteiger partial charge in [-0.2, -0.15) is 0 Å². The van der Waals surface area contributed by atoms with Crippen LogP contribution in [0.1, 0.15) is 29.1 Å². The fourth-order valence-corrected chi connectivity index (χ4v) is 4.49. The number of hydrogen-bond acceptors (Lipinski definition) is 6. The second-order valence-corrected chi connectivity index (χ2v) is 8.52. The minimum Gasteiger partial charge on any atom is -0.507 e. The van der Waals surface area contributed by atoms with Crippen LogP contribution in [0.15, 0.2) is 58.6 Å². The van der Waals surface area contributed by atoms with Crippen molar-refractivity contribution >= 4 is 49.8 Å². The highest BCUT2D eigenvalue weighted by atomic mass is 79.9. The number of benzene rings is 2. The van der Waals surface area contributed by atoms with E-state index in [2.05, 4.69) is 26.1 Å². The molecule has 2 aromatic carbocycles. The summed E-state index contributed by atoms with van der Waals surface area (Å²) in [6.45, 7) is 1.92. The highest BCUT2D eigenvalue weighted by Gasteiger charge is 2.48. The van der Waals surface area contributed by atoms with Crippen LogP contribution >= 0.6 is 27.3 Å². The Labute approximate surface area is 183 Å². The lowest BCUT2D eigenvalue weighted by atomic mass is 9.95. The second-order valence-electron chi connectivity index (χ2n) is 6.56. The Morgan fingerprint density at radius 1 is 1.20 bits per heavy atom. The van der Waals surface area contributed by atoms with Crippen molar-refractivity contribution in [3.8, 4) is 0 Å². The summed E-state index contributed by atoms with van der Waals surface area (Å²) in [7, 11) is 0. The van der Waals surface area contributed by atoms with Gasteiger partial charge in [-0.05, 0) is 48.4 Å². The van der Waals surface area contributed by atoms with Crippen molar-refractivity contribution in [2.24, 2.45) is 0 Å². The number of anilines is 1. The Hall–Kier alpha value is -2.91. The Kier molecular flexibility index (Phi) is 5.48. The lowest BCUT2D eigenvalue weighted by Crippen LogP contribution is -2.29. The van der Waals surface area contributed by atoms with Crippen LogP contribution in [0.3, 0.4) is 0 Å². The van der Waals surface area contributed by atoms with Gasteiger partial charge in [-0.1, -0.05) is 46.3 Å². The zero-order chi connectivity index (χ0) is 21.4. The molecule has 0 saturated carbocycles. The molecule has 4 rings (SSSR count). The standard InChI is InChI=1S/C21H15BrFN3O3S/c1-2-15-24-25-21(30-15)26-17(12-4-3-5-13(22)10-12)16(19(28)20(26)29)18(27)11-6-8-14(23)9-7-11/h3-10,17,27H,2H2,1H3/b18-16+. The largest absolute Gasteiger partial charge is 0.507 e. The van der Waals surface area contributed by atoms with Crippen molar-refractivity contribution in [3.05, 3.63) is 80.5 Å². The van der Waals surface area contributed by atoms with Gasteiger partial charge in [0, 0.05) is 10.0 Å². The molecule has 3 aromatic rings. The SMILES string of the molecule is CCc1nnc(N2C(=O)C(=O)/C(=C(/O)c3ccc(F)cc3)C2c2cccc(Br)c2)s1. The van der Waals surface area contributed by atoms with E-state index in [0.29, 0.717) is 12.0 Å². The summed E-state index contributed by atoms with van der Waals surface area (Å²) < 4.78 is 14.1. The van der Waals surface area contributed by atoms with Gasteiger partial charge in [-0.25, -0.2) is 4.39 Å². The number of Topliss-reactive ketones (excluding diaryl/α,β-unsaturated/α-hetero) is 1. The van der Waals surface area contributed by atoms with Crippen molar-refractivity contribution in [1.29, 1.82) is 0 Å². The first-order valence-electron chi connectivity index (χ1n) is 9.05. The number of amides is 1. The number of aliphatic hydroxyl groups excluding tert-OH is 1. The summed E-state index contributed by atoms with van der Waals surface area (Å²) >= 11 is 4.62. The molecular weight excluding hydrogens is 473 g/mol. The molecule has 9 heteroatoms. The number of aliphatic hydroxyl groups is 1. The Morgan fingerprint density at radius 2 is 1.93 bits per heavy atom. The van der Waals surface area contributed by atoms with Gasteiger partial charge in [0.1, 0.15) is 16.6 Å². The summed E-state index contributed by atoms with van der Waals surface area (Å²) in [6.07, 6.45) is 0.638. The van der Waals surface area contributed by atoms with Crippen molar-refractivity contribution in [2.75, 3.05) is 4.90 Å². The molecule has 152 valence electrons. The van der Waals surface area contributed by atoms with Crippen molar-refractivity contribution in [1.82, 2.24) is 10.2 Å². The van der Waals surface area contributed by atoms with Crippen LogP contribution in [0.5, 0.6) is 0 Å². The molecule has 0 radical (unpaired) electrons. The molecule has 0 bridgehead atoms. The minimum absolute atomic E-state index is 0.0852. The molecule has 1 aromatic heterocycles. The lowest BCUT2D eigenvalue weighted by Gasteiger charge is -2.22. The second kappa shape index (κ2) is 8.08. The van der Waals surface area contributed by atoms with E-state index in [0.717, 1.165) is 9.48 Å². The van der Waals surface area contributed by atoms with Gasteiger partial charge in [0.25, 0.3) is 5.78 Å². The topological polar surface area (TPSA) is 83.4 Å². The van der Waals surface area contributed by atoms with E-state index in [1.807, 2.05) is 13.0 Å². The average molecular weight is 488 g/mol. The fourth-order valence-electron chi connectivity index (χ4n) is 3.27. The molecule has 1 N–H and O–H groups in total. The van der Waals surface area contributed by atoms with E-state index in [1.54, 1.807) is 18.2 Å². The highest BCUT2D eigenvalue weighted by Crippen LogP contribution is 2.43. The molecule has 1 saturated heterocycles. The molecule has 1 atom stereocenters. The molecule has 0 aliphatic carbocycles. The monoisotopic (exact) mass is 487 g/mol. The number of hydrogen-bond donors (Lipinski definition) is 1. The molecule has 2 heterocycles. The summed E-state index contributed by atoms with van der Waals surface area (Å²) in [5, 5.41) is 20.1. The van der Waals surface area contributed by atoms with E-state index in [4.69, 9.17) is 0 Å². The zero-order valence-electron chi connectivity index (χ0n) is 15.7. The summed E-state index contributed by atoms with van der Waals surface area (Å²) in [5.41, 5.74) is 0.763. The number of carbonyl (C=O) groups is 2. The quantitative estimate of drug-likeness (QED) is 0.329. The van der Waals surface area contributed by atoms with E-state index in [-0.39, 0.29) is 22.0 Å². The maximum absolute atomic E-state index is 13.3. The summed E-state index contributed by atoms with van der Waals surface area (Å²) in [6, 6.07) is 11.3. The van der Waals surface area contributed by atoms with Crippen LogP contribution in [0.4, 0.5) is 9.52 Å². The molecule has 6 nitrogen and oxygen atoms in total. The maximum atomic E-state index is 13.3. The number of aromatic nitrogens is 2. The van der Waals surface area contributed by atoms with Gasteiger partial charge in [-0.3, -0.25) is 14.5 Å². The van der Waals surface area contributed by atoms with Crippen LogP contribution in [-0.2, 0) is 16.0 Å². The molecular formula is C21H15BrFN3O3S. The molecule has 0 spiro atoms. The first kappa shape index (κ1) is 20.4. The Balaban J connectivity index is 1.93. The van der Waals surface area contributed by atoms with Gasteiger partial charge < -0.3 is 5.11 Å². The van der Waals surface area contributed by atoms with Gasteiger partial charge in [0.15, 0.2) is 0 Å². The van der Waals surface area contributed by atoms with Gasteiger partial charge in [0.05, 0.1) is 11.6 Å². The zero-order valence-corrected chi connectivity index (χ0v) is 18.1. The average Bonchev–Trinajstić information content (AvgIpc) is 3.31. The predicted octanol–water partition coefficient (Wildman–Crippen LogP) is 4.63. The predicted molar refractivity (Wildman–Crippen MR) is 115 cm³/mol. The van der Waals surface area contributed by atoms with Crippen molar-refractivity contribution in [3.63, 3.8) is 0 Å². The normalized spacial score (nSPS) is 18.2. The number of nitrogens with zero attached hydrogens (tertiary/aromatic N) is 3. The van der Waals surface area contributed by atoms with Crippen LogP contribution in [0, 0.1) is 5.82 Å². The molecule has 1 unspecified atom stereocenters. The van der Waals surface area contributed by atoms with Crippen LogP contribution in [0.2, 0.25) is 0 Å². The summed E-state index contributed by atoms with van der Waals surface area (Å²) in [4.78, 5) is 27.2. The fraction of sp³-hybridized carbons (Fsp3) is 0.143. The number of ketones is 1. The third-order valence-corrected chi connectivity index (χ3v) is 6.25. The van der Waals surface area contributed by atoms with E-state index in [1.165, 1.54) is 40.5 Å². The molecule has 1 aliphatic rings. The molecule has 30 heavy (non-hydrogen) atoms. The van der Waals surface area contributed by atoms with Crippen LogP contribution in [0.25, 0.3) is 5.76 Å². The van der Waals surface area contributed by atoms with Gasteiger partial charge >= 0.3 is 5.91 Å². The number of halogens is 2. The molecule has 1 fully saturated rings. The van der Waals surface area contributed by atoms with E-state index >= 15 is 0 Å². The van der Waals surface area contributed by atoms with Crippen LogP contribution in [-0.4, -0.2) is 27.0 Å². The Morgan fingerprint density at radius 3 is 2.57 bits per heavy atom. The smallest absolute Gasteiger partial charge is 0.301 e. The number of carbonyl (C=O) groups excluding carboxylic acids is 2. The van der Waals surface area contributed by atoms with Crippen molar-refractivity contribution in [2.45, 2.75) is 19.4 Å². The Bertz CT molecular complexity index is 1180. The lowest BCUT2D eigenvalue weighted by molar-refractivity contribution is -0.132.